The maximum Gasteiger partial charge on any atom is 0.330 e. The van der Waals surface area contributed by atoms with Gasteiger partial charge in [-0.3, -0.25) is 4.79 Å². The van der Waals surface area contributed by atoms with Crippen LogP contribution in [0.1, 0.15) is 13.3 Å². The van der Waals surface area contributed by atoms with Crippen molar-refractivity contribution in [1.82, 2.24) is 0 Å². The minimum atomic E-state index is -0.989. The van der Waals surface area contributed by atoms with Crippen LogP contribution in [0.25, 0.3) is 0 Å². The van der Waals surface area contributed by atoms with Crippen molar-refractivity contribution in [3.8, 4) is 0 Å². The van der Waals surface area contributed by atoms with Crippen molar-refractivity contribution < 1.29 is 29.3 Å². The summed E-state index contributed by atoms with van der Waals surface area (Å²) in [6.45, 7) is 4.86. The Labute approximate surface area is 105 Å². The lowest BCUT2D eigenvalue weighted by Crippen LogP contribution is -2.06. The number of esters is 1. The Morgan fingerprint density at radius 1 is 1.22 bits per heavy atom. The van der Waals surface area contributed by atoms with Crippen molar-refractivity contribution in [3.63, 3.8) is 0 Å². The number of allylic oxidation sites excluding steroid dienone is 3. The second-order valence-electron chi connectivity index (χ2n) is 2.74. The van der Waals surface area contributed by atoms with Gasteiger partial charge in [-0.1, -0.05) is 24.8 Å². The predicted octanol–water partition coefficient (Wildman–Crippen LogP) is 1.39. The molecule has 0 amide bonds. The van der Waals surface area contributed by atoms with Gasteiger partial charge in [-0.25, -0.2) is 9.59 Å². The van der Waals surface area contributed by atoms with Gasteiger partial charge in [-0.2, -0.15) is 0 Å². The summed E-state index contributed by atoms with van der Waals surface area (Å²) in [5.41, 5.74) is 0. The monoisotopic (exact) mass is 256 g/mol. The molecule has 6 heteroatoms. The van der Waals surface area contributed by atoms with Gasteiger partial charge in [0.05, 0.1) is 6.42 Å². The number of carboxylic acids is 2. The third-order valence-electron chi connectivity index (χ3n) is 1.27. The SMILES string of the molecule is C=CC(=O)OCCC(=O)O.CC=CC=CC(=O)O. The van der Waals surface area contributed by atoms with E-state index in [0.29, 0.717) is 0 Å². The molecule has 0 radical (unpaired) electrons. The first-order valence-corrected chi connectivity index (χ1v) is 4.97. The number of carbonyl (C=O) groups excluding carboxylic acids is 1. The smallest absolute Gasteiger partial charge is 0.330 e. The number of carboxylic acid groups (broad SMARTS) is 2. The lowest BCUT2D eigenvalue weighted by Gasteiger charge is -1.96. The van der Waals surface area contributed by atoms with E-state index in [4.69, 9.17) is 10.2 Å². The Hall–Kier alpha value is -2.37. The molecular formula is C12H16O6. The van der Waals surface area contributed by atoms with E-state index in [9.17, 15) is 14.4 Å². The fourth-order valence-corrected chi connectivity index (χ4v) is 0.547. The number of carbonyl (C=O) groups is 3. The van der Waals surface area contributed by atoms with Gasteiger partial charge >= 0.3 is 17.9 Å². The van der Waals surface area contributed by atoms with E-state index in [1.54, 1.807) is 12.2 Å². The molecule has 18 heavy (non-hydrogen) atoms. The van der Waals surface area contributed by atoms with Crippen LogP contribution in [0.2, 0.25) is 0 Å². The maximum atomic E-state index is 10.3. The van der Waals surface area contributed by atoms with Crippen LogP contribution in [0.5, 0.6) is 0 Å². The van der Waals surface area contributed by atoms with E-state index < -0.39 is 17.9 Å². The summed E-state index contributed by atoms with van der Waals surface area (Å²) >= 11 is 0. The van der Waals surface area contributed by atoms with Crippen LogP contribution in [0.15, 0.2) is 37.0 Å². The third-order valence-corrected chi connectivity index (χ3v) is 1.27. The molecule has 100 valence electrons. The van der Waals surface area contributed by atoms with Gasteiger partial charge < -0.3 is 14.9 Å². The summed E-state index contributed by atoms with van der Waals surface area (Å²) in [4.78, 5) is 29.9. The molecule has 0 aromatic heterocycles. The molecule has 0 aliphatic carbocycles. The number of ether oxygens (including phenoxy) is 1. The van der Waals surface area contributed by atoms with E-state index in [1.165, 1.54) is 6.08 Å². The summed E-state index contributed by atoms with van der Waals surface area (Å²) in [5.74, 6) is -2.50. The number of hydrogen-bond acceptors (Lipinski definition) is 4. The topological polar surface area (TPSA) is 101 Å². The van der Waals surface area contributed by atoms with Gasteiger partial charge in [0.25, 0.3) is 0 Å². The van der Waals surface area contributed by atoms with E-state index in [2.05, 4.69) is 11.3 Å². The van der Waals surface area contributed by atoms with Crippen LogP contribution in [0.3, 0.4) is 0 Å². The van der Waals surface area contributed by atoms with Crippen molar-refractivity contribution in [1.29, 1.82) is 0 Å². The van der Waals surface area contributed by atoms with Crippen LogP contribution in [-0.2, 0) is 19.1 Å². The molecule has 0 saturated heterocycles. The molecule has 0 atom stereocenters. The highest BCUT2D eigenvalue weighted by Crippen LogP contribution is 1.83. The maximum absolute atomic E-state index is 10.3. The summed E-state index contributed by atoms with van der Waals surface area (Å²) in [7, 11) is 0. The Morgan fingerprint density at radius 2 is 1.83 bits per heavy atom. The Morgan fingerprint density at radius 3 is 2.22 bits per heavy atom. The lowest BCUT2D eigenvalue weighted by molar-refractivity contribution is -0.142. The lowest BCUT2D eigenvalue weighted by atomic mass is 10.4. The van der Waals surface area contributed by atoms with Gasteiger partial charge in [-0.05, 0) is 6.92 Å². The average Bonchev–Trinajstić information content (AvgIpc) is 2.29. The van der Waals surface area contributed by atoms with Crippen LogP contribution < -0.4 is 0 Å². The molecule has 2 N–H and O–H groups in total. The van der Waals surface area contributed by atoms with E-state index in [1.807, 2.05) is 6.92 Å². The quantitative estimate of drug-likeness (QED) is 0.423. The second kappa shape index (κ2) is 12.7. The molecule has 0 rings (SSSR count). The highest BCUT2D eigenvalue weighted by Gasteiger charge is 1.98. The molecule has 0 aliphatic rings. The Balaban J connectivity index is 0. The Bertz CT molecular complexity index is 340. The zero-order valence-corrected chi connectivity index (χ0v) is 10.0. The Kier molecular flexibility index (Phi) is 12.7. The van der Waals surface area contributed by atoms with Crippen LogP contribution >= 0.6 is 0 Å². The fourth-order valence-electron chi connectivity index (χ4n) is 0.547. The van der Waals surface area contributed by atoms with Gasteiger partial charge in [0.1, 0.15) is 6.61 Å². The molecular weight excluding hydrogens is 240 g/mol. The van der Waals surface area contributed by atoms with Crippen LogP contribution in [-0.4, -0.2) is 34.7 Å². The average molecular weight is 256 g/mol. The zero-order valence-electron chi connectivity index (χ0n) is 10.0. The van der Waals surface area contributed by atoms with E-state index in [0.717, 1.165) is 12.2 Å². The first-order valence-electron chi connectivity index (χ1n) is 4.97. The number of aliphatic carboxylic acids is 2. The summed E-state index contributed by atoms with van der Waals surface area (Å²) < 4.78 is 4.36. The largest absolute Gasteiger partial charge is 0.481 e. The summed E-state index contributed by atoms with van der Waals surface area (Å²) in [6.07, 6.45) is 6.80. The van der Waals surface area contributed by atoms with Gasteiger partial charge in [-0.15, -0.1) is 0 Å². The highest BCUT2D eigenvalue weighted by molar-refractivity contribution is 5.81. The van der Waals surface area contributed by atoms with Crippen molar-refractivity contribution in [2.75, 3.05) is 6.61 Å². The second-order valence-corrected chi connectivity index (χ2v) is 2.74. The van der Waals surface area contributed by atoms with Gasteiger partial charge in [0.15, 0.2) is 0 Å². The molecule has 0 saturated carbocycles. The third kappa shape index (κ3) is 19.2. The molecule has 0 aromatic rings. The molecule has 0 aromatic carbocycles. The van der Waals surface area contributed by atoms with Gasteiger partial charge in [0.2, 0.25) is 0 Å². The van der Waals surface area contributed by atoms with E-state index in [-0.39, 0.29) is 13.0 Å². The highest BCUT2D eigenvalue weighted by atomic mass is 16.5. The van der Waals surface area contributed by atoms with Crippen molar-refractivity contribution >= 4 is 17.9 Å². The molecule has 6 nitrogen and oxygen atoms in total. The molecule has 0 aliphatic heterocycles. The molecule has 0 spiro atoms. The van der Waals surface area contributed by atoms with E-state index >= 15 is 0 Å². The first-order chi connectivity index (χ1) is 8.43. The normalized spacial score (nSPS) is 9.61. The summed E-state index contributed by atoms with van der Waals surface area (Å²) in [6, 6.07) is 0. The molecule has 0 bridgehead atoms. The molecule has 0 heterocycles. The predicted molar refractivity (Wildman–Crippen MR) is 65.0 cm³/mol. The molecule has 0 unspecified atom stereocenters. The van der Waals surface area contributed by atoms with Crippen LogP contribution in [0.4, 0.5) is 0 Å². The zero-order chi connectivity index (χ0) is 14.4. The van der Waals surface area contributed by atoms with Crippen molar-refractivity contribution in [2.45, 2.75) is 13.3 Å². The number of rotatable bonds is 6. The van der Waals surface area contributed by atoms with Crippen molar-refractivity contribution in [3.05, 3.63) is 37.0 Å². The van der Waals surface area contributed by atoms with Gasteiger partial charge in [0, 0.05) is 12.2 Å². The molecule has 0 fully saturated rings. The summed E-state index contributed by atoms with van der Waals surface area (Å²) in [5, 5.41) is 16.1. The standard InChI is InChI=1S/C6H8O4.C6H8O2/c1-2-6(9)10-4-3-5(7)8;1-2-3-4-5-6(7)8/h2H,1,3-4H2,(H,7,8);2-5H,1H3,(H,7,8). The number of hydrogen-bond donors (Lipinski definition) is 2. The van der Waals surface area contributed by atoms with Crippen molar-refractivity contribution in [2.24, 2.45) is 0 Å². The minimum Gasteiger partial charge on any atom is -0.481 e. The fraction of sp³-hybridized carbons (Fsp3) is 0.250. The first kappa shape index (κ1) is 18.0. The van der Waals surface area contributed by atoms with Crippen LogP contribution in [0, 0.1) is 0 Å². The minimum absolute atomic E-state index is 0.0970.